The summed E-state index contributed by atoms with van der Waals surface area (Å²) >= 11 is 0. The number of carbonyl (C=O) groups excluding carboxylic acids is 2. The number of hydrogen-bond donors (Lipinski definition) is 6. The second-order valence-electron chi connectivity index (χ2n) is 20.1. The van der Waals surface area contributed by atoms with Crippen LogP contribution in [0.15, 0.2) is 60.8 Å². The van der Waals surface area contributed by atoms with Gasteiger partial charge < -0.3 is 45.1 Å². The molecule has 1 aliphatic heterocycles. The van der Waals surface area contributed by atoms with Gasteiger partial charge in [0.05, 0.1) is 25.4 Å². The van der Waals surface area contributed by atoms with Crippen LogP contribution in [0.3, 0.4) is 0 Å². The summed E-state index contributed by atoms with van der Waals surface area (Å²) in [4.78, 5) is 26.5. The van der Waals surface area contributed by atoms with E-state index in [1.807, 2.05) is 42.5 Å². The van der Waals surface area contributed by atoms with Crippen molar-refractivity contribution in [2.75, 3.05) is 13.2 Å². The average molecular weight is 1000 g/mol. The molecule has 1 saturated heterocycles. The number of rotatable bonds is 48. The highest BCUT2D eigenvalue weighted by molar-refractivity contribution is 5.80. The van der Waals surface area contributed by atoms with Crippen LogP contribution in [0.5, 0.6) is 0 Å². The molecule has 0 spiro atoms. The first-order chi connectivity index (χ1) is 34.7. The molecule has 71 heavy (non-hydrogen) atoms. The van der Waals surface area contributed by atoms with Crippen LogP contribution in [-0.4, -0.2) is 99.6 Å². The van der Waals surface area contributed by atoms with E-state index in [0.717, 1.165) is 77.0 Å². The van der Waals surface area contributed by atoms with Crippen LogP contribution in [-0.2, 0) is 23.8 Å². The van der Waals surface area contributed by atoms with Crippen molar-refractivity contribution in [1.82, 2.24) is 5.32 Å². The number of allylic oxidation sites excluding steroid dienone is 9. The summed E-state index contributed by atoms with van der Waals surface area (Å²) in [5.74, 6) is -1.22. The van der Waals surface area contributed by atoms with Crippen molar-refractivity contribution in [3.05, 3.63) is 60.8 Å². The zero-order valence-corrected chi connectivity index (χ0v) is 45.3. The minimum Gasteiger partial charge on any atom is -0.454 e. The largest absolute Gasteiger partial charge is 0.454 e. The van der Waals surface area contributed by atoms with Crippen LogP contribution in [0, 0.1) is 0 Å². The van der Waals surface area contributed by atoms with Crippen LogP contribution < -0.4 is 5.32 Å². The fourth-order valence-corrected chi connectivity index (χ4v) is 8.90. The van der Waals surface area contributed by atoms with E-state index in [1.165, 1.54) is 122 Å². The molecule has 8 atom stereocenters. The SMILES string of the molecule is CC/C=C/C=C/C=C/C=C\CCCCCCCC(=O)OC1C(OCC(NC(=O)C(O)CCCCCCCCCCCCCCCC)C(O)/C=C/CCCCCCCCCCCCC)OC(CO)C(O)C1O. The van der Waals surface area contributed by atoms with E-state index in [1.54, 1.807) is 6.08 Å². The molecule has 0 aromatic rings. The zero-order valence-electron chi connectivity index (χ0n) is 45.3. The molecule has 11 heteroatoms. The van der Waals surface area contributed by atoms with Gasteiger partial charge in [0.25, 0.3) is 0 Å². The molecule has 11 nitrogen and oxygen atoms in total. The van der Waals surface area contributed by atoms with Gasteiger partial charge in [-0.2, -0.15) is 0 Å². The number of carbonyl (C=O) groups is 2. The van der Waals surface area contributed by atoms with Gasteiger partial charge in [-0.3, -0.25) is 9.59 Å². The van der Waals surface area contributed by atoms with Crippen molar-refractivity contribution < 1.29 is 49.3 Å². The topological polar surface area (TPSA) is 175 Å². The van der Waals surface area contributed by atoms with Crippen molar-refractivity contribution in [2.45, 2.75) is 294 Å². The van der Waals surface area contributed by atoms with Crippen molar-refractivity contribution in [3.8, 4) is 0 Å². The normalized spacial score (nSPS) is 20.0. The molecule has 0 saturated carbocycles. The molecule has 0 aliphatic carbocycles. The quantitative estimate of drug-likeness (QED) is 0.0149. The highest BCUT2D eigenvalue weighted by Gasteiger charge is 2.47. The fourth-order valence-electron chi connectivity index (χ4n) is 8.90. The third kappa shape index (κ3) is 36.9. The highest BCUT2D eigenvalue weighted by Crippen LogP contribution is 2.26. The maximum atomic E-state index is 13.4. The van der Waals surface area contributed by atoms with E-state index in [2.05, 4.69) is 38.2 Å². The number of unbranched alkanes of at least 4 members (excludes halogenated alkanes) is 29. The number of nitrogens with one attached hydrogen (secondary N) is 1. The van der Waals surface area contributed by atoms with Gasteiger partial charge in [0.15, 0.2) is 12.4 Å². The number of aliphatic hydroxyl groups is 5. The molecule has 1 heterocycles. The van der Waals surface area contributed by atoms with Gasteiger partial charge in [0.2, 0.25) is 5.91 Å². The maximum absolute atomic E-state index is 13.4. The van der Waals surface area contributed by atoms with E-state index in [-0.39, 0.29) is 13.0 Å². The molecule has 8 unspecified atom stereocenters. The first kappa shape index (κ1) is 66.4. The number of hydrogen-bond acceptors (Lipinski definition) is 10. The molecule has 0 radical (unpaired) electrons. The molecule has 1 amide bonds. The van der Waals surface area contributed by atoms with E-state index >= 15 is 0 Å². The van der Waals surface area contributed by atoms with Gasteiger partial charge in [0.1, 0.15) is 24.4 Å². The Bertz CT molecular complexity index is 1380. The minimum atomic E-state index is -1.62. The lowest BCUT2D eigenvalue weighted by Gasteiger charge is -2.41. The van der Waals surface area contributed by atoms with E-state index < -0.39 is 67.4 Å². The summed E-state index contributed by atoms with van der Waals surface area (Å²) in [6.45, 7) is 5.63. The van der Waals surface area contributed by atoms with Gasteiger partial charge in [-0.15, -0.1) is 0 Å². The Labute approximate surface area is 433 Å². The van der Waals surface area contributed by atoms with E-state index in [0.29, 0.717) is 19.3 Å². The minimum absolute atomic E-state index is 0.0969. The predicted octanol–water partition coefficient (Wildman–Crippen LogP) is 13.1. The predicted molar refractivity (Wildman–Crippen MR) is 292 cm³/mol. The van der Waals surface area contributed by atoms with Crippen LogP contribution >= 0.6 is 0 Å². The Balaban J connectivity index is 2.75. The molecule has 1 fully saturated rings. The second-order valence-corrected chi connectivity index (χ2v) is 20.1. The summed E-state index contributed by atoms with van der Waals surface area (Å²) in [5, 5.41) is 56.8. The monoisotopic (exact) mass is 1000 g/mol. The maximum Gasteiger partial charge on any atom is 0.306 e. The fraction of sp³-hybridized carbons (Fsp3) is 0.800. The second kappa shape index (κ2) is 48.3. The zero-order chi connectivity index (χ0) is 51.8. The Morgan fingerprint density at radius 1 is 0.563 bits per heavy atom. The number of amides is 1. The smallest absolute Gasteiger partial charge is 0.306 e. The van der Waals surface area contributed by atoms with Crippen molar-refractivity contribution in [2.24, 2.45) is 0 Å². The summed E-state index contributed by atoms with van der Waals surface area (Å²) in [6, 6.07) is -1.03. The first-order valence-electron chi connectivity index (χ1n) is 29.1. The van der Waals surface area contributed by atoms with Gasteiger partial charge in [-0.1, -0.05) is 255 Å². The summed E-state index contributed by atoms with van der Waals surface area (Å²) in [7, 11) is 0. The van der Waals surface area contributed by atoms with E-state index in [9.17, 15) is 35.1 Å². The standard InChI is InChI=1S/C60H107NO10/c1-4-7-10-13-16-19-22-25-27-30-33-36-39-42-45-48-55(65)71-58-57(67)56(66)54(49-62)70-60(58)69-50-51(52(63)46-43-40-37-34-31-28-24-21-18-15-12-9-6-3)61-59(68)53(64)47-44-41-38-35-32-29-26-23-20-17-14-11-8-5-2/h7,10,13,16,19,22,25,27,43,46,51-54,56-58,60,62-64,66-67H,4-6,8-9,11-12,14-15,17-18,20-21,23-24,26,28-42,44-45,47-50H2,1-3H3,(H,61,68)/b10-7+,16-13+,22-19+,27-25-,46-43+. The lowest BCUT2D eigenvalue weighted by molar-refractivity contribution is -0.305. The third-order valence-electron chi connectivity index (χ3n) is 13.5. The Morgan fingerprint density at radius 2 is 1.01 bits per heavy atom. The number of ether oxygens (including phenoxy) is 3. The van der Waals surface area contributed by atoms with E-state index in [4.69, 9.17) is 14.2 Å². The Hall–Kier alpha value is -2.64. The molecular weight excluding hydrogens is 895 g/mol. The molecule has 412 valence electrons. The highest BCUT2D eigenvalue weighted by atomic mass is 16.7. The van der Waals surface area contributed by atoms with Crippen LogP contribution in [0.25, 0.3) is 0 Å². The van der Waals surface area contributed by atoms with Gasteiger partial charge in [-0.25, -0.2) is 0 Å². The van der Waals surface area contributed by atoms with Crippen molar-refractivity contribution in [1.29, 1.82) is 0 Å². The molecule has 1 rings (SSSR count). The molecule has 0 aromatic carbocycles. The van der Waals surface area contributed by atoms with Crippen LogP contribution in [0.2, 0.25) is 0 Å². The first-order valence-corrected chi connectivity index (χ1v) is 29.1. The van der Waals surface area contributed by atoms with Crippen LogP contribution in [0.4, 0.5) is 0 Å². The van der Waals surface area contributed by atoms with Crippen LogP contribution in [0.1, 0.15) is 245 Å². The number of aliphatic hydroxyl groups excluding tert-OH is 5. The summed E-state index contributed by atoms with van der Waals surface area (Å²) in [5.41, 5.74) is 0. The average Bonchev–Trinajstić information content (AvgIpc) is 3.37. The molecule has 6 N–H and O–H groups in total. The van der Waals surface area contributed by atoms with Gasteiger partial charge >= 0.3 is 5.97 Å². The van der Waals surface area contributed by atoms with Crippen molar-refractivity contribution >= 4 is 11.9 Å². The lowest BCUT2D eigenvalue weighted by atomic mass is 9.99. The van der Waals surface area contributed by atoms with Crippen molar-refractivity contribution in [3.63, 3.8) is 0 Å². The summed E-state index contributed by atoms with van der Waals surface area (Å²) < 4.78 is 17.6. The van der Waals surface area contributed by atoms with Gasteiger partial charge in [0, 0.05) is 6.42 Å². The van der Waals surface area contributed by atoms with Gasteiger partial charge in [-0.05, 0) is 44.9 Å². The Kier molecular flexibility index (Phi) is 45.2. The molecule has 0 aromatic heterocycles. The molecule has 0 bridgehead atoms. The molecular formula is C60H107NO10. The third-order valence-corrected chi connectivity index (χ3v) is 13.5. The summed E-state index contributed by atoms with van der Waals surface area (Å²) in [6.07, 6.45) is 48.3. The number of esters is 1. The molecule has 1 aliphatic rings. The lowest BCUT2D eigenvalue weighted by Crippen LogP contribution is -2.61. The Morgan fingerprint density at radius 3 is 1.52 bits per heavy atom.